The highest BCUT2D eigenvalue weighted by atomic mass is 16.5. The fourth-order valence-corrected chi connectivity index (χ4v) is 2.09. The van der Waals surface area contributed by atoms with Gasteiger partial charge in [0.25, 0.3) is 5.91 Å². The lowest BCUT2D eigenvalue weighted by atomic mass is 9.85. The number of hydrogen-bond acceptors (Lipinski definition) is 3. The van der Waals surface area contributed by atoms with E-state index in [4.69, 9.17) is 9.84 Å². The summed E-state index contributed by atoms with van der Waals surface area (Å²) in [4.78, 5) is 12.0. The average Bonchev–Trinajstić information content (AvgIpc) is 2.44. The van der Waals surface area contributed by atoms with Crippen molar-refractivity contribution >= 4 is 5.91 Å². The summed E-state index contributed by atoms with van der Waals surface area (Å²) in [5.74, 6) is 0.546. The second kappa shape index (κ2) is 8.03. The summed E-state index contributed by atoms with van der Waals surface area (Å²) in [6.07, 6.45) is 1.48. The molecule has 0 aliphatic heterocycles. The van der Waals surface area contributed by atoms with Crippen molar-refractivity contribution in [2.75, 3.05) is 13.2 Å². The summed E-state index contributed by atoms with van der Waals surface area (Å²) < 4.78 is 5.53. The highest BCUT2D eigenvalue weighted by Crippen LogP contribution is 2.21. The minimum atomic E-state index is -0.162. The van der Waals surface area contributed by atoms with Crippen molar-refractivity contribution in [2.24, 2.45) is 5.41 Å². The van der Waals surface area contributed by atoms with Crippen LogP contribution in [-0.4, -0.2) is 30.3 Å². The first-order valence-corrected chi connectivity index (χ1v) is 7.48. The third kappa shape index (κ3) is 6.17. The Morgan fingerprint density at radius 1 is 1.38 bits per heavy atom. The van der Waals surface area contributed by atoms with Crippen molar-refractivity contribution in [3.05, 3.63) is 29.8 Å². The largest absolute Gasteiger partial charge is 0.484 e. The van der Waals surface area contributed by atoms with E-state index in [1.807, 2.05) is 45.0 Å². The molecular formula is C17H27NO3. The van der Waals surface area contributed by atoms with Crippen LogP contribution in [-0.2, 0) is 11.2 Å². The first-order chi connectivity index (χ1) is 9.86. The quantitative estimate of drug-likeness (QED) is 0.812. The maximum absolute atomic E-state index is 12.0. The maximum Gasteiger partial charge on any atom is 0.258 e. The van der Waals surface area contributed by atoms with Crippen LogP contribution >= 0.6 is 0 Å². The number of amides is 1. The van der Waals surface area contributed by atoms with Gasteiger partial charge in [-0.15, -0.1) is 0 Å². The fraction of sp³-hybridized carbons (Fsp3) is 0.588. The van der Waals surface area contributed by atoms with Crippen LogP contribution in [0.15, 0.2) is 24.3 Å². The summed E-state index contributed by atoms with van der Waals surface area (Å²) in [6, 6.07) is 7.68. The van der Waals surface area contributed by atoms with Crippen LogP contribution in [0, 0.1) is 5.41 Å². The molecule has 4 heteroatoms. The smallest absolute Gasteiger partial charge is 0.258 e. The minimum absolute atomic E-state index is 0.00875. The number of rotatable bonds is 7. The molecule has 1 amide bonds. The van der Waals surface area contributed by atoms with Crippen LogP contribution in [0.1, 0.15) is 39.7 Å². The molecule has 0 saturated heterocycles. The minimum Gasteiger partial charge on any atom is -0.484 e. The Labute approximate surface area is 127 Å². The Bertz CT molecular complexity index is 452. The van der Waals surface area contributed by atoms with Crippen LogP contribution in [0.3, 0.4) is 0 Å². The predicted molar refractivity (Wildman–Crippen MR) is 84.4 cm³/mol. The number of hydrogen-bond donors (Lipinski definition) is 2. The average molecular weight is 293 g/mol. The Hall–Kier alpha value is -1.55. The van der Waals surface area contributed by atoms with Crippen molar-refractivity contribution in [3.8, 4) is 5.75 Å². The van der Waals surface area contributed by atoms with Crippen LogP contribution in [0.25, 0.3) is 0 Å². The number of benzene rings is 1. The predicted octanol–water partition coefficient (Wildman–Crippen LogP) is 2.54. The molecule has 0 radical (unpaired) electrons. The van der Waals surface area contributed by atoms with Gasteiger partial charge in [-0.05, 0) is 36.0 Å². The standard InChI is InChI=1S/C17H27NO3/c1-5-13-7-6-8-14(11-13)21-12-16(20)18-15(9-10-19)17(2,3)4/h6-8,11,15,19H,5,9-10,12H2,1-4H3,(H,18,20). The molecule has 2 N–H and O–H groups in total. The van der Waals surface area contributed by atoms with Gasteiger partial charge in [0.15, 0.2) is 6.61 Å². The number of aryl methyl sites for hydroxylation is 1. The van der Waals surface area contributed by atoms with Gasteiger partial charge in [-0.25, -0.2) is 0 Å². The summed E-state index contributed by atoms with van der Waals surface area (Å²) in [5, 5.41) is 12.0. The second-order valence-electron chi connectivity index (χ2n) is 6.29. The number of nitrogens with one attached hydrogen (secondary N) is 1. The lowest BCUT2D eigenvalue weighted by molar-refractivity contribution is -0.124. The topological polar surface area (TPSA) is 58.6 Å². The molecule has 0 fully saturated rings. The first-order valence-electron chi connectivity index (χ1n) is 7.48. The van der Waals surface area contributed by atoms with E-state index < -0.39 is 0 Å². The molecule has 0 aliphatic carbocycles. The summed E-state index contributed by atoms with van der Waals surface area (Å²) in [7, 11) is 0. The molecule has 1 aromatic carbocycles. The molecule has 21 heavy (non-hydrogen) atoms. The Balaban J connectivity index is 2.52. The fourth-order valence-electron chi connectivity index (χ4n) is 2.09. The molecule has 118 valence electrons. The Morgan fingerprint density at radius 2 is 2.10 bits per heavy atom. The molecule has 4 nitrogen and oxygen atoms in total. The van der Waals surface area contributed by atoms with Gasteiger partial charge in [0.05, 0.1) is 0 Å². The molecule has 0 aliphatic rings. The van der Waals surface area contributed by atoms with Gasteiger partial charge in [-0.2, -0.15) is 0 Å². The normalized spacial score (nSPS) is 12.8. The Morgan fingerprint density at radius 3 is 2.67 bits per heavy atom. The van der Waals surface area contributed by atoms with Gasteiger partial charge >= 0.3 is 0 Å². The third-order valence-corrected chi connectivity index (χ3v) is 3.48. The van der Waals surface area contributed by atoms with Gasteiger partial charge in [0.2, 0.25) is 0 Å². The lowest BCUT2D eigenvalue weighted by Gasteiger charge is -2.31. The number of carbonyl (C=O) groups is 1. The van der Waals surface area contributed by atoms with Crippen LogP contribution in [0.2, 0.25) is 0 Å². The van der Waals surface area contributed by atoms with E-state index in [2.05, 4.69) is 12.2 Å². The third-order valence-electron chi connectivity index (χ3n) is 3.48. The summed E-state index contributed by atoms with van der Waals surface area (Å²) in [6.45, 7) is 8.25. The van der Waals surface area contributed by atoms with Crippen LogP contribution in [0.5, 0.6) is 5.75 Å². The van der Waals surface area contributed by atoms with Crippen molar-refractivity contribution < 1.29 is 14.6 Å². The summed E-state index contributed by atoms with van der Waals surface area (Å²) in [5.41, 5.74) is 1.08. The van der Waals surface area contributed by atoms with Crippen LogP contribution < -0.4 is 10.1 Å². The highest BCUT2D eigenvalue weighted by Gasteiger charge is 2.25. The molecule has 1 aromatic rings. The highest BCUT2D eigenvalue weighted by molar-refractivity contribution is 5.77. The molecule has 0 saturated carbocycles. The maximum atomic E-state index is 12.0. The van der Waals surface area contributed by atoms with Crippen molar-refractivity contribution in [1.82, 2.24) is 5.32 Å². The Kier molecular flexibility index (Phi) is 6.69. The van der Waals surface area contributed by atoms with Crippen molar-refractivity contribution in [1.29, 1.82) is 0 Å². The van der Waals surface area contributed by atoms with E-state index in [1.165, 1.54) is 5.56 Å². The second-order valence-corrected chi connectivity index (χ2v) is 6.29. The van der Waals surface area contributed by atoms with Gasteiger partial charge in [-0.3, -0.25) is 4.79 Å². The van der Waals surface area contributed by atoms with Crippen molar-refractivity contribution in [2.45, 2.75) is 46.6 Å². The first kappa shape index (κ1) is 17.5. The SMILES string of the molecule is CCc1cccc(OCC(=O)NC(CCO)C(C)(C)C)c1. The van der Waals surface area contributed by atoms with E-state index in [1.54, 1.807) is 0 Å². The molecule has 0 heterocycles. The van der Waals surface area contributed by atoms with Gasteiger partial charge in [0.1, 0.15) is 5.75 Å². The van der Waals surface area contributed by atoms with Gasteiger partial charge in [-0.1, -0.05) is 39.8 Å². The van der Waals surface area contributed by atoms with E-state index in [-0.39, 0.29) is 30.6 Å². The van der Waals surface area contributed by atoms with Crippen molar-refractivity contribution in [3.63, 3.8) is 0 Å². The van der Waals surface area contributed by atoms with Gasteiger partial charge < -0.3 is 15.2 Å². The number of aliphatic hydroxyl groups is 1. The molecular weight excluding hydrogens is 266 g/mol. The molecule has 1 atom stereocenters. The molecule has 0 spiro atoms. The molecule has 1 rings (SSSR count). The summed E-state index contributed by atoms with van der Waals surface area (Å²) >= 11 is 0. The zero-order chi connectivity index (χ0) is 15.9. The molecule has 0 bridgehead atoms. The van der Waals surface area contributed by atoms with Gasteiger partial charge in [0, 0.05) is 12.6 Å². The van der Waals surface area contributed by atoms with Crippen LogP contribution in [0.4, 0.5) is 0 Å². The monoisotopic (exact) mass is 293 g/mol. The zero-order valence-corrected chi connectivity index (χ0v) is 13.5. The van der Waals surface area contributed by atoms with E-state index in [9.17, 15) is 4.79 Å². The number of aliphatic hydroxyl groups excluding tert-OH is 1. The van der Waals surface area contributed by atoms with E-state index >= 15 is 0 Å². The zero-order valence-electron chi connectivity index (χ0n) is 13.5. The van der Waals surface area contributed by atoms with E-state index in [0.717, 1.165) is 6.42 Å². The van der Waals surface area contributed by atoms with E-state index in [0.29, 0.717) is 12.2 Å². The molecule has 0 aromatic heterocycles. The lowest BCUT2D eigenvalue weighted by Crippen LogP contribution is -2.46. The number of carbonyl (C=O) groups excluding carboxylic acids is 1. The molecule has 1 unspecified atom stereocenters. The number of ether oxygens (including phenoxy) is 1.